The van der Waals surface area contributed by atoms with Crippen LogP contribution in [0.1, 0.15) is 22.3 Å². The number of nitrogens with zero attached hydrogens (tertiary/aromatic N) is 2. The van der Waals surface area contributed by atoms with E-state index < -0.39 is 24.2 Å². The van der Waals surface area contributed by atoms with Gasteiger partial charge in [-0.1, -0.05) is 23.8 Å². The van der Waals surface area contributed by atoms with Crippen LogP contribution in [0.2, 0.25) is 0 Å². The number of hydrogen-bond acceptors (Lipinski definition) is 3. The molecule has 2 unspecified atom stereocenters. The van der Waals surface area contributed by atoms with Gasteiger partial charge in [-0.15, -0.1) is 0 Å². The average Bonchev–Trinajstić information content (AvgIpc) is 3.19. The molecule has 3 aromatic carbocycles. The molecular weight excluding hydrogens is 436 g/mol. The minimum atomic E-state index is -3.47. The molecule has 0 spiro atoms. The molecule has 2 atom stereocenters. The molecule has 4 aromatic rings. The van der Waals surface area contributed by atoms with Crippen molar-refractivity contribution in [2.75, 3.05) is 0 Å². The first kappa shape index (κ1) is 22.8. The molecule has 172 valence electrons. The second-order valence-electron chi connectivity index (χ2n) is 8.09. The summed E-state index contributed by atoms with van der Waals surface area (Å²) in [6.07, 6.45) is -4.80. The van der Waals surface area contributed by atoms with Crippen molar-refractivity contribution in [3.05, 3.63) is 88.9 Å². The number of benzene rings is 3. The molecule has 0 saturated heterocycles. The van der Waals surface area contributed by atoms with Crippen LogP contribution in [0.3, 0.4) is 0 Å². The van der Waals surface area contributed by atoms with E-state index in [2.05, 4.69) is 5.10 Å². The molecule has 0 aliphatic carbocycles. The smallest absolute Gasteiger partial charge is 0.277 e. The van der Waals surface area contributed by atoms with Crippen molar-refractivity contribution in [2.24, 2.45) is 0 Å². The van der Waals surface area contributed by atoms with Crippen LogP contribution in [-0.2, 0) is 5.60 Å². The van der Waals surface area contributed by atoms with Crippen molar-refractivity contribution in [3.8, 4) is 11.4 Å². The van der Waals surface area contributed by atoms with Crippen molar-refractivity contribution < 1.29 is 27.4 Å². The normalized spacial score (nSPS) is 14.5. The Morgan fingerprint density at radius 3 is 2.18 bits per heavy atom. The molecule has 1 N–H and O–H groups in total. The lowest BCUT2D eigenvalue weighted by Crippen LogP contribution is -2.46. The second kappa shape index (κ2) is 8.51. The summed E-state index contributed by atoms with van der Waals surface area (Å²) in [5.41, 5.74) is -0.427. The Kier molecular flexibility index (Phi) is 5.88. The van der Waals surface area contributed by atoms with E-state index in [-0.39, 0.29) is 11.3 Å². The zero-order valence-electron chi connectivity index (χ0n) is 18.2. The fraction of sp³-hybridized carbons (Fsp3) is 0.240. The third-order valence-corrected chi connectivity index (χ3v) is 5.61. The minimum absolute atomic E-state index is 0.109. The van der Waals surface area contributed by atoms with Crippen LogP contribution in [0.5, 0.6) is 5.75 Å². The molecule has 0 aliphatic rings. The minimum Gasteiger partial charge on any atom is -0.456 e. The molecule has 4 nitrogen and oxygen atoms in total. The zero-order chi connectivity index (χ0) is 23.9. The molecule has 1 aromatic heterocycles. The van der Waals surface area contributed by atoms with Gasteiger partial charge in [0.15, 0.2) is 0 Å². The molecule has 33 heavy (non-hydrogen) atoms. The van der Waals surface area contributed by atoms with Crippen LogP contribution in [-0.4, -0.2) is 27.7 Å². The molecule has 4 rings (SSSR count). The van der Waals surface area contributed by atoms with Gasteiger partial charge in [-0.3, -0.25) is 0 Å². The Bertz CT molecular complexity index is 1280. The summed E-state index contributed by atoms with van der Waals surface area (Å²) in [6, 6.07) is 13.0. The third kappa shape index (κ3) is 4.06. The number of hydrogen-bond donors (Lipinski definition) is 1. The summed E-state index contributed by atoms with van der Waals surface area (Å²) in [5, 5.41) is 15.4. The monoisotopic (exact) mass is 458 g/mol. The van der Waals surface area contributed by atoms with E-state index in [1.165, 1.54) is 53.3 Å². The summed E-state index contributed by atoms with van der Waals surface area (Å²) in [4.78, 5) is 0. The zero-order valence-corrected chi connectivity index (χ0v) is 18.2. The first-order chi connectivity index (χ1) is 15.6. The standard InChI is InChI=1S/C25H22F4N2O2/c1-14-10-15(2)22(16(3)11-14)33-24(29)25(32,23(27)28)18-4-9-21-17(12-18)13-30-31(21)20-7-5-19(26)6-8-20/h4-13,23-24,32H,1-3H3. The fourth-order valence-electron chi connectivity index (χ4n) is 3.97. The van der Waals surface area contributed by atoms with Crippen LogP contribution in [0.4, 0.5) is 17.6 Å². The highest BCUT2D eigenvalue weighted by atomic mass is 19.3. The lowest BCUT2D eigenvalue weighted by molar-refractivity contribution is -0.201. The van der Waals surface area contributed by atoms with E-state index in [4.69, 9.17) is 4.74 Å². The van der Waals surface area contributed by atoms with Crippen molar-refractivity contribution in [3.63, 3.8) is 0 Å². The van der Waals surface area contributed by atoms with E-state index >= 15 is 4.39 Å². The number of aromatic nitrogens is 2. The Morgan fingerprint density at radius 2 is 1.58 bits per heavy atom. The topological polar surface area (TPSA) is 47.3 Å². The largest absolute Gasteiger partial charge is 0.456 e. The number of rotatable bonds is 6. The van der Waals surface area contributed by atoms with Crippen molar-refractivity contribution in [1.29, 1.82) is 0 Å². The van der Waals surface area contributed by atoms with E-state index in [0.717, 1.165) is 5.56 Å². The quantitative estimate of drug-likeness (QED) is 0.365. The van der Waals surface area contributed by atoms with Gasteiger partial charge in [0.25, 0.3) is 12.8 Å². The van der Waals surface area contributed by atoms with Crippen LogP contribution >= 0.6 is 0 Å². The highest BCUT2D eigenvalue weighted by Crippen LogP contribution is 2.38. The van der Waals surface area contributed by atoms with E-state index in [0.29, 0.717) is 27.7 Å². The Balaban J connectivity index is 1.72. The maximum atomic E-state index is 15.2. The average molecular weight is 458 g/mol. The number of aliphatic hydroxyl groups is 1. The van der Waals surface area contributed by atoms with Gasteiger partial charge < -0.3 is 9.84 Å². The Morgan fingerprint density at radius 1 is 0.939 bits per heavy atom. The molecule has 0 amide bonds. The molecule has 8 heteroatoms. The third-order valence-electron chi connectivity index (χ3n) is 5.61. The predicted octanol–water partition coefficient (Wildman–Crippen LogP) is 5.92. The van der Waals surface area contributed by atoms with Gasteiger partial charge in [-0.05, 0) is 73.9 Å². The number of fused-ring (bicyclic) bond motifs is 1. The SMILES string of the molecule is Cc1cc(C)c(OC(F)C(O)(c2ccc3c(cnn3-c3ccc(F)cc3)c2)C(F)F)c(C)c1. The highest BCUT2D eigenvalue weighted by Gasteiger charge is 2.50. The summed E-state index contributed by atoms with van der Waals surface area (Å²) in [5.74, 6) is -0.301. The summed E-state index contributed by atoms with van der Waals surface area (Å²) >= 11 is 0. The predicted molar refractivity (Wildman–Crippen MR) is 117 cm³/mol. The van der Waals surface area contributed by atoms with Gasteiger partial charge in [0, 0.05) is 5.39 Å². The number of aryl methyl sites for hydroxylation is 3. The second-order valence-corrected chi connectivity index (χ2v) is 8.09. The van der Waals surface area contributed by atoms with Gasteiger partial charge in [0.1, 0.15) is 11.6 Å². The molecular formula is C25H22F4N2O2. The van der Waals surface area contributed by atoms with Crippen molar-refractivity contribution in [1.82, 2.24) is 9.78 Å². The van der Waals surface area contributed by atoms with Gasteiger partial charge in [-0.2, -0.15) is 9.49 Å². The summed E-state index contributed by atoms with van der Waals surface area (Å²) in [6.45, 7) is 5.21. The lowest BCUT2D eigenvalue weighted by Gasteiger charge is -2.31. The maximum Gasteiger partial charge on any atom is 0.277 e. The molecule has 0 fully saturated rings. The molecule has 1 heterocycles. The van der Waals surface area contributed by atoms with E-state index in [9.17, 15) is 18.3 Å². The van der Waals surface area contributed by atoms with Crippen molar-refractivity contribution >= 4 is 10.9 Å². The van der Waals surface area contributed by atoms with E-state index in [1.807, 2.05) is 6.92 Å². The lowest BCUT2D eigenvalue weighted by atomic mass is 9.93. The Labute approximate surface area is 188 Å². The van der Waals surface area contributed by atoms with Crippen LogP contribution in [0, 0.1) is 26.6 Å². The molecule has 0 aliphatic heterocycles. The van der Waals surface area contributed by atoms with Crippen LogP contribution in [0.15, 0.2) is 60.8 Å². The fourth-order valence-corrected chi connectivity index (χ4v) is 3.97. The number of halogens is 4. The van der Waals surface area contributed by atoms with E-state index in [1.54, 1.807) is 26.0 Å². The van der Waals surface area contributed by atoms with Crippen LogP contribution in [0.25, 0.3) is 16.6 Å². The number of alkyl halides is 3. The summed E-state index contributed by atoms with van der Waals surface area (Å²) in [7, 11) is 0. The van der Waals surface area contributed by atoms with Crippen molar-refractivity contribution in [2.45, 2.75) is 39.2 Å². The Hall–Kier alpha value is -3.39. The summed E-state index contributed by atoms with van der Waals surface area (Å²) < 4.78 is 63.3. The van der Waals surface area contributed by atoms with Crippen LogP contribution < -0.4 is 4.74 Å². The number of ether oxygens (including phenoxy) is 1. The van der Waals surface area contributed by atoms with Gasteiger partial charge in [-0.25, -0.2) is 17.9 Å². The maximum absolute atomic E-state index is 15.2. The molecule has 0 saturated carbocycles. The van der Waals surface area contributed by atoms with Gasteiger partial charge in [0.2, 0.25) is 5.60 Å². The highest BCUT2D eigenvalue weighted by molar-refractivity contribution is 5.81. The van der Waals surface area contributed by atoms with Gasteiger partial charge in [0.05, 0.1) is 17.4 Å². The first-order valence-corrected chi connectivity index (χ1v) is 10.2. The van der Waals surface area contributed by atoms with Gasteiger partial charge >= 0.3 is 0 Å². The first-order valence-electron chi connectivity index (χ1n) is 10.2. The molecule has 0 radical (unpaired) electrons. The molecule has 0 bridgehead atoms.